The molecule has 1 aliphatic heterocycles. The summed E-state index contributed by atoms with van der Waals surface area (Å²) in [6.45, 7) is 7.50. The molecule has 0 unspecified atom stereocenters. The van der Waals surface area contributed by atoms with Crippen LogP contribution >= 0.6 is 12.2 Å². The topological polar surface area (TPSA) is 85.9 Å². The summed E-state index contributed by atoms with van der Waals surface area (Å²) in [5.74, 6) is -0.303. The highest BCUT2D eigenvalue weighted by molar-refractivity contribution is 7.80. The van der Waals surface area contributed by atoms with E-state index in [4.69, 9.17) is 26.4 Å². The average Bonchev–Trinajstić information content (AvgIpc) is 2.62. The van der Waals surface area contributed by atoms with Crippen LogP contribution in [-0.2, 0) is 19.1 Å². The number of carbonyl (C=O) groups excluding carboxylic acids is 2. The number of carbonyl (C=O) groups is 2. The third-order valence-corrected chi connectivity index (χ3v) is 4.13. The van der Waals surface area contributed by atoms with Gasteiger partial charge >= 0.3 is 11.9 Å². The summed E-state index contributed by atoms with van der Waals surface area (Å²) in [5, 5.41) is 6.48. The number of nitrogens with one attached hydrogen (secondary N) is 2. The summed E-state index contributed by atoms with van der Waals surface area (Å²) in [7, 11) is 0. The first-order valence-corrected chi connectivity index (χ1v) is 9.16. The van der Waals surface area contributed by atoms with Gasteiger partial charge in [-0.25, -0.2) is 9.59 Å². The van der Waals surface area contributed by atoms with Crippen LogP contribution in [0.3, 0.4) is 0 Å². The molecule has 2 atom stereocenters. The lowest BCUT2D eigenvalue weighted by Crippen LogP contribution is -2.45. The van der Waals surface area contributed by atoms with Crippen LogP contribution in [0.2, 0.25) is 0 Å². The van der Waals surface area contributed by atoms with E-state index in [1.165, 1.54) is 0 Å². The molecule has 0 radical (unpaired) electrons. The molecule has 27 heavy (non-hydrogen) atoms. The Labute approximate surface area is 164 Å². The van der Waals surface area contributed by atoms with Crippen LogP contribution in [0.5, 0.6) is 5.75 Å². The highest BCUT2D eigenvalue weighted by atomic mass is 32.1. The lowest BCUT2D eigenvalue weighted by atomic mass is 9.95. The second-order valence-corrected chi connectivity index (χ2v) is 6.28. The van der Waals surface area contributed by atoms with Gasteiger partial charge in [0.15, 0.2) is 11.2 Å². The van der Waals surface area contributed by atoms with Crippen LogP contribution in [-0.4, -0.2) is 36.4 Å². The molecule has 0 fully saturated rings. The molecule has 1 heterocycles. The van der Waals surface area contributed by atoms with Crippen LogP contribution in [0.25, 0.3) is 0 Å². The Kier molecular flexibility index (Phi) is 7.18. The first kappa shape index (κ1) is 20.7. The summed E-state index contributed by atoms with van der Waals surface area (Å²) >= 11 is 5.22. The highest BCUT2D eigenvalue weighted by Crippen LogP contribution is 2.29. The monoisotopic (exact) mass is 392 g/mol. The maximum Gasteiger partial charge on any atom is 0.347 e. The molecule has 7 nitrogen and oxygen atoms in total. The van der Waals surface area contributed by atoms with Crippen molar-refractivity contribution in [3.8, 4) is 5.75 Å². The van der Waals surface area contributed by atoms with Gasteiger partial charge in [0.25, 0.3) is 0 Å². The number of ether oxygens (including phenoxy) is 3. The summed E-state index contributed by atoms with van der Waals surface area (Å²) in [4.78, 5) is 24.0. The van der Waals surface area contributed by atoms with E-state index in [0.717, 1.165) is 5.56 Å². The number of thiocarbonyl (C=S) groups is 1. The zero-order valence-electron chi connectivity index (χ0n) is 15.8. The first-order valence-electron chi connectivity index (χ1n) is 8.76. The first-order chi connectivity index (χ1) is 12.9. The molecule has 0 amide bonds. The molecule has 0 aliphatic carbocycles. The van der Waals surface area contributed by atoms with E-state index in [1.54, 1.807) is 39.8 Å². The van der Waals surface area contributed by atoms with Gasteiger partial charge in [-0.15, -0.1) is 0 Å². The predicted octanol–water partition coefficient (Wildman–Crippen LogP) is 2.37. The zero-order valence-corrected chi connectivity index (χ0v) is 16.6. The van der Waals surface area contributed by atoms with Gasteiger partial charge in [0, 0.05) is 5.70 Å². The maximum atomic E-state index is 12.4. The molecular formula is C19H24N2O5S. The van der Waals surface area contributed by atoms with E-state index in [0.29, 0.717) is 28.7 Å². The Morgan fingerprint density at radius 2 is 1.78 bits per heavy atom. The van der Waals surface area contributed by atoms with Crippen molar-refractivity contribution in [1.82, 2.24) is 10.6 Å². The summed E-state index contributed by atoms with van der Waals surface area (Å²) in [6.07, 6.45) is -0.711. The Morgan fingerprint density at radius 1 is 1.15 bits per heavy atom. The van der Waals surface area contributed by atoms with Gasteiger partial charge in [-0.05, 0) is 57.6 Å². The zero-order chi connectivity index (χ0) is 20.0. The number of hydrogen-bond acceptors (Lipinski definition) is 6. The fraction of sp³-hybridized carbons (Fsp3) is 0.421. The van der Waals surface area contributed by atoms with Crippen molar-refractivity contribution in [2.75, 3.05) is 13.2 Å². The Bertz CT molecular complexity index is 745. The van der Waals surface area contributed by atoms with Gasteiger partial charge in [-0.1, -0.05) is 12.1 Å². The molecule has 8 heteroatoms. The second-order valence-electron chi connectivity index (χ2n) is 5.87. The minimum atomic E-state index is -0.711. The summed E-state index contributed by atoms with van der Waals surface area (Å²) in [5.41, 5.74) is 1.94. The van der Waals surface area contributed by atoms with Crippen molar-refractivity contribution < 1.29 is 23.8 Å². The van der Waals surface area contributed by atoms with Gasteiger partial charge in [0.1, 0.15) is 5.75 Å². The SMILES string of the molecule is CCOC(=O)C1=C(C)NC(=S)N[C@H]1c1ccc(O[C@@H](C)C(=O)OCC)cc1. The van der Waals surface area contributed by atoms with Crippen molar-refractivity contribution >= 4 is 29.3 Å². The van der Waals surface area contributed by atoms with Gasteiger partial charge in [-0.3, -0.25) is 0 Å². The van der Waals surface area contributed by atoms with Crippen molar-refractivity contribution in [2.24, 2.45) is 0 Å². The van der Waals surface area contributed by atoms with Gasteiger partial charge < -0.3 is 24.8 Å². The fourth-order valence-electron chi connectivity index (χ4n) is 2.67. The van der Waals surface area contributed by atoms with Crippen molar-refractivity contribution in [3.63, 3.8) is 0 Å². The number of rotatable bonds is 7. The van der Waals surface area contributed by atoms with Crippen LogP contribution in [0.4, 0.5) is 0 Å². The largest absolute Gasteiger partial charge is 0.479 e. The lowest BCUT2D eigenvalue weighted by molar-refractivity contribution is -0.150. The van der Waals surface area contributed by atoms with E-state index in [-0.39, 0.29) is 6.61 Å². The van der Waals surface area contributed by atoms with E-state index in [1.807, 2.05) is 12.1 Å². The maximum absolute atomic E-state index is 12.4. The quantitative estimate of drug-likeness (QED) is 0.540. The van der Waals surface area contributed by atoms with Crippen molar-refractivity contribution in [1.29, 1.82) is 0 Å². The van der Waals surface area contributed by atoms with E-state index < -0.39 is 24.1 Å². The minimum Gasteiger partial charge on any atom is -0.479 e. The Hall–Kier alpha value is -2.61. The molecule has 1 aliphatic rings. The Balaban J connectivity index is 2.21. The summed E-state index contributed by atoms with van der Waals surface area (Å²) in [6, 6.07) is 6.65. The van der Waals surface area contributed by atoms with Crippen LogP contribution in [0.1, 0.15) is 39.3 Å². The molecule has 0 saturated heterocycles. The normalized spacial score (nSPS) is 17.5. The number of allylic oxidation sites excluding steroid dienone is 1. The van der Waals surface area contributed by atoms with Gasteiger partial charge in [-0.2, -0.15) is 0 Å². The smallest absolute Gasteiger partial charge is 0.347 e. The average molecular weight is 392 g/mol. The standard InChI is InChI=1S/C19H24N2O5S/c1-5-24-17(22)12(4)26-14-9-7-13(8-10-14)16-15(18(23)25-6-2)11(3)20-19(27)21-16/h7-10,12,16H,5-6H2,1-4H3,(H2,20,21,27)/t12-,16-/m0/s1. The molecule has 0 bridgehead atoms. The third kappa shape index (κ3) is 5.19. The lowest BCUT2D eigenvalue weighted by Gasteiger charge is -2.30. The number of benzene rings is 1. The molecule has 0 saturated carbocycles. The van der Waals surface area contributed by atoms with Crippen LogP contribution in [0, 0.1) is 0 Å². The molecule has 0 aromatic heterocycles. The molecule has 1 aromatic carbocycles. The number of esters is 2. The second kappa shape index (κ2) is 9.36. The minimum absolute atomic E-state index is 0.283. The van der Waals surface area contributed by atoms with Gasteiger partial charge in [0.05, 0.1) is 24.8 Å². The molecule has 2 N–H and O–H groups in total. The molecule has 146 valence electrons. The third-order valence-electron chi connectivity index (χ3n) is 3.91. The molecule has 0 spiro atoms. The van der Waals surface area contributed by atoms with Crippen molar-refractivity contribution in [2.45, 2.75) is 39.8 Å². The molecule has 2 rings (SSSR count). The van der Waals surface area contributed by atoms with E-state index in [2.05, 4.69) is 10.6 Å². The molecular weight excluding hydrogens is 368 g/mol. The van der Waals surface area contributed by atoms with Crippen LogP contribution < -0.4 is 15.4 Å². The van der Waals surface area contributed by atoms with Gasteiger partial charge in [0.2, 0.25) is 0 Å². The van der Waals surface area contributed by atoms with Crippen molar-refractivity contribution in [3.05, 3.63) is 41.1 Å². The Morgan fingerprint density at radius 3 is 2.37 bits per heavy atom. The van der Waals surface area contributed by atoms with E-state index in [9.17, 15) is 9.59 Å². The van der Waals surface area contributed by atoms with E-state index >= 15 is 0 Å². The molecule has 1 aromatic rings. The predicted molar refractivity (Wildman–Crippen MR) is 104 cm³/mol. The van der Waals surface area contributed by atoms with Crippen LogP contribution in [0.15, 0.2) is 35.5 Å². The highest BCUT2D eigenvalue weighted by Gasteiger charge is 2.30. The summed E-state index contributed by atoms with van der Waals surface area (Å²) < 4.78 is 15.7. The fourth-order valence-corrected chi connectivity index (χ4v) is 2.94. The number of hydrogen-bond donors (Lipinski definition) is 2.